The molecular formula is C29H35N3O6S. The van der Waals surface area contributed by atoms with E-state index < -0.39 is 33.1 Å². The number of aryl methyl sites for hydroxylation is 1. The second-order valence-electron chi connectivity index (χ2n) is 10.9. The number of hydrogen-bond donors (Lipinski definition) is 0. The first-order valence-corrected chi connectivity index (χ1v) is 14.6. The Morgan fingerprint density at radius 2 is 1.82 bits per heavy atom. The number of benzene rings is 2. The van der Waals surface area contributed by atoms with Gasteiger partial charge in [-0.3, -0.25) is 4.90 Å². The molecule has 10 heteroatoms. The Bertz CT molecular complexity index is 1350. The highest BCUT2D eigenvalue weighted by Crippen LogP contribution is 2.61. The van der Waals surface area contributed by atoms with Gasteiger partial charge in [0.05, 0.1) is 54.9 Å². The van der Waals surface area contributed by atoms with Crippen LogP contribution in [0.5, 0.6) is 0 Å². The Balaban J connectivity index is 1.63. The maximum absolute atomic E-state index is 14.3. The van der Waals surface area contributed by atoms with Crippen LogP contribution in [0.15, 0.2) is 59.5 Å². The van der Waals surface area contributed by atoms with Crippen LogP contribution >= 0.6 is 0 Å². The average Bonchev–Trinajstić information content (AvgIpc) is 3.18. The maximum Gasteiger partial charge on any atom is 0.410 e. The topological polar surface area (TPSA) is 109 Å². The molecule has 5 rings (SSSR count). The summed E-state index contributed by atoms with van der Waals surface area (Å²) in [7, 11) is -1.17. The number of hydrogen-bond acceptors (Lipinski definition) is 7. The van der Waals surface area contributed by atoms with E-state index in [0.29, 0.717) is 19.4 Å². The zero-order valence-corrected chi connectivity index (χ0v) is 23.4. The number of carbonyl (C=O) groups is 1. The second-order valence-corrected chi connectivity index (χ2v) is 12.8. The van der Waals surface area contributed by atoms with Crippen LogP contribution in [0.4, 0.5) is 4.79 Å². The number of carbonyl (C=O) groups excluding carboxylic acids is 1. The largest absolute Gasteiger partial charge is 0.453 e. The highest BCUT2D eigenvalue weighted by molar-refractivity contribution is 7.89. The number of piperidine rings is 1. The first-order valence-electron chi connectivity index (χ1n) is 13.2. The van der Waals surface area contributed by atoms with Gasteiger partial charge < -0.3 is 14.2 Å². The van der Waals surface area contributed by atoms with Gasteiger partial charge in [-0.1, -0.05) is 48.0 Å². The lowest BCUT2D eigenvalue weighted by Gasteiger charge is -2.60. The summed E-state index contributed by atoms with van der Waals surface area (Å²) in [5.74, 6) is -0.0543. The summed E-state index contributed by atoms with van der Waals surface area (Å²) in [6.45, 7) is 2.90. The number of likely N-dealkylation sites (tertiary alicyclic amines) is 1. The molecule has 208 valence electrons. The van der Waals surface area contributed by atoms with Gasteiger partial charge >= 0.3 is 6.09 Å². The molecule has 9 nitrogen and oxygen atoms in total. The smallest absolute Gasteiger partial charge is 0.410 e. The van der Waals surface area contributed by atoms with Crippen molar-refractivity contribution < 1.29 is 27.4 Å². The van der Waals surface area contributed by atoms with Crippen LogP contribution in [0.25, 0.3) is 0 Å². The van der Waals surface area contributed by atoms with Crippen molar-refractivity contribution in [2.24, 2.45) is 17.3 Å². The van der Waals surface area contributed by atoms with E-state index in [4.69, 9.17) is 14.2 Å². The summed E-state index contributed by atoms with van der Waals surface area (Å²) < 4.78 is 47.1. The third-order valence-electron chi connectivity index (χ3n) is 8.79. The number of rotatable bonds is 8. The van der Waals surface area contributed by atoms with Crippen molar-refractivity contribution in [3.05, 3.63) is 65.7 Å². The number of ether oxygens (including phenoxy) is 3. The fourth-order valence-electron chi connectivity index (χ4n) is 7.32. The van der Waals surface area contributed by atoms with Gasteiger partial charge in [0.25, 0.3) is 0 Å². The monoisotopic (exact) mass is 553 g/mol. The summed E-state index contributed by atoms with van der Waals surface area (Å²) in [4.78, 5) is 15.0. The van der Waals surface area contributed by atoms with E-state index in [9.17, 15) is 18.5 Å². The molecule has 0 radical (unpaired) electrons. The molecule has 2 aromatic carbocycles. The van der Waals surface area contributed by atoms with Crippen LogP contribution < -0.4 is 0 Å². The highest BCUT2D eigenvalue weighted by atomic mass is 32.2. The Morgan fingerprint density at radius 3 is 2.46 bits per heavy atom. The molecule has 2 saturated heterocycles. The number of sulfonamides is 1. The Morgan fingerprint density at radius 1 is 1.10 bits per heavy atom. The minimum absolute atomic E-state index is 0.0142. The predicted octanol–water partition coefficient (Wildman–Crippen LogP) is 3.59. The molecular weight excluding hydrogens is 518 g/mol. The molecule has 4 bridgehead atoms. The number of nitriles is 1. The van der Waals surface area contributed by atoms with E-state index in [1.54, 1.807) is 36.3 Å². The molecule has 2 aliphatic heterocycles. The van der Waals surface area contributed by atoms with Gasteiger partial charge in [-0.05, 0) is 49.3 Å². The lowest BCUT2D eigenvalue weighted by atomic mass is 9.54. The van der Waals surface area contributed by atoms with E-state index >= 15 is 0 Å². The van der Waals surface area contributed by atoms with E-state index in [1.165, 1.54) is 11.4 Å². The van der Waals surface area contributed by atoms with E-state index in [-0.39, 0.29) is 43.1 Å². The Labute approximate surface area is 230 Å². The summed E-state index contributed by atoms with van der Waals surface area (Å²) >= 11 is 0. The number of nitrogens with zero attached hydrogens (tertiary/aromatic N) is 3. The second kappa shape index (κ2) is 10.5. The molecule has 2 heterocycles. The fraction of sp³-hybridized carbons (Fsp3) is 0.517. The predicted molar refractivity (Wildman–Crippen MR) is 143 cm³/mol. The van der Waals surface area contributed by atoms with Crippen LogP contribution in [-0.4, -0.2) is 75.8 Å². The van der Waals surface area contributed by atoms with Crippen LogP contribution in [0.3, 0.4) is 0 Å². The average molecular weight is 554 g/mol. The van der Waals surface area contributed by atoms with Crippen molar-refractivity contribution in [2.45, 2.75) is 42.8 Å². The van der Waals surface area contributed by atoms with Crippen molar-refractivity contribution >= 4 is 16.1 Å². The Hall–Kier alpha value is -2.97. The molecule has 5 atom stereocenters. The molecule has 0 N–H and O–H groups in total. The normalized spacial score (nSPS) is 30.1. The third-order valence-corrected chi connectivity index (χ3v) is 10.7. The summed E-state index contributed by atoms with van der Waals surface area (Å²) in [5, 5.41) is 10.8. The van der Waals surface area contributed by atoms with Crippen molar-refractivity contribution in [2.75, 3.05) is 40.5 Å². The first kappa shape index (κ1) is 27.6. The van der Waals surface area contributed by atoms with E-state index in [0.717, 1.165) is 11.1 Å². The van der Waals surface area contributed by atoms with Gasteiger partial charge in [0.15, 0.2) is 0 Å². The molecule has 1 aliphatic carbocycles. The fourth-order valence-corrected chi connectivity index (χ4v) is 9.08. The summed E-state index contributed by atoms with van der Waals surface area (Å²) in [6.07, 6.45) is 0.417. The van der Waals surface area contributed by atoms with Crippen LogP contribution in [0, 0.1) is 35.5 Å². The molecule has 0 aromatic heterocycles. The summed E-state index contributed by atoms with van der Waals surface area (Å²) in [5.41, 5.74) is -0.391. The number of methoxy groups -OCH3 is 2. The van der Waals surface area contributed by atoms with Crippen molar-refractivity contribution in [3.8, 4) is 6.07 Å². The van der Waals surface area contributed by atoms with Crippen LogP contribution in [0.1, 0.15) is 24.0 Å². The quantitative estimate of drug-likeness (QED) is 0.492. The van der Waals surface area contributed by atoms with Gasteiger partial charge in [-0.15, -0.1) is 0 Å². The summed E-state index contributed by atoms with van der Waals surface area (Å²) in [6, 6.07) is 18.0. The van der Waals surface area contributed by atoms with Crippen LogP contribution in [-0.2, 0) is 30.8 Å². The maximum atomic E-state index is 14.3. The van der Waals surface area contributed by atoms with Gasteiger partial charge in [0, 0.05) is 20.2 Å². The lowest BCUT2D eigenvalue weighted by molar-refractivity contribution is -0.125. The van der Waals surface area contributed by atoms with Crippen molar-refractivity contribution in [3.63, 3.8) is 0 Å². The molecule has 3 aliphatic rings. The third kappa shape index (κ3) is 4.42. The van der Waals surface area contributed by atoms with Gasteiger partial charge in [0.1, 0.15) is 0 Å². The molecule has 39 heavy (non-hydrogen) atoms. The molecule has 1 amide bonds. The van der Waals surface area contributed by atoms with E-state index in [1.807, 2.05) is 37.3 Å². The molecule has 0 spiro atoms. The zero-order chi connectivity index (χ0) is 27.8. The van der Waals surface area contributed by atoms with Crippen molar-refractivity contribution in [1.29, 1.82) is 5.26 Å². The first-order chi connectivity index (χ1) is 18.7. The van der Waals surface area contributed by atoms with Crippen LogP contribution in [0.2, 0.25) is 0 Å². The minimum atomic E-state index is -4.03. The van der Waals surface area contributed by atoms with Crippen molar-refractivity contribution in [1.82, 2.24) is 9.21 Å². The molecule has 1 saturated carbocycles. The van der Waals surface area contributed by atoms with Gasteiger partial charge in [0.2, 0.25) is 10.0 Å². The number of amides is 1. The molecule has 3 fully saturated rings. The van der Waals surface area contributed by atoms with Gasteiger partial charge in [-0.25, -0.2) is 13.2 Å². The van der Waals surface area contributed by atoms with E-state index in [2.05, 4.69) is 6.07 Å². The standard InChI is InChI=1S/C29H35N3O6S/c1-21-9-11-24(12-10-21)39(34,35)32-14-13-25-23-15-28(18-30,19-38-17-22-7-5-4-6-8-22)26(32)29(25,20-36-2)31(16-23)27(33)37-3/h4-12,23,25-26H,13-17,19-20H2,1-3H3/t23-,25+,26-,28-,29-/m0/s1. The minimum Gasteiger partial charge on any atom is -0.453 e. The highest BCUT2D eigenvalue weighted by Gasteiger charge is 2.73. The SMILES string of the molecule is COC[C@]12[C@@H]3CCN(S(=O)(=O)c4ccc(C)cc4)[C@H]1[C@@](C#N)(COCc1ccccc1)C[C@H]3CN2C(=O)OC. The van der Waals surface area contributed by atoms with Gasteiger partial charge in [-0.2, -0.15) is 9.57 Å². The zero-order valence-electron chi connectivity index (χ0n) is 22.6. The lowest BCUT2D eigenvalue weighted by Crippen LogP contribution is -2.76. The Kier molecular flexibility index (Phi) is 7.46. The molecule has 2 aromatic rings. The molecule has 0 unspecified atom stereocenters.